The Morgan fingerprint density at radius 1 is 1.45 bits per heavy atom. The molecule has 0 saturated heterocycles. The van der Waals surface area contributed by atoms with Gasteiger partial charge in [-0.25, -0.2) is 13.1 Å². The number of aliphatic hydroxyl groups excluding tert-OH is 1. The maximum Gasteiger partial charge on any atom is 0.244 e. The van der Waals surface area contributed by atoms with E-state index in [4.69, 9.17) is 5.11 Å². The highest BCUT2D eigenvalue weighted by Gasteiger charge is 2.39. The van der Waals surface area contributed by atoms with E-state index in [1.807, 2.05) is 0 Å². The molecule has 0 amide bonds. The van der Waals surface area contributed by atoms with Crippen molar-refractivity contribution in [1.29, 1.82) is 0 Å². The lowest BCUT2D eigenvalue weighted by Crippen LogP contribution is -2.28. The first-order valence-electron chi connectivity index (χ1n) is 7.08. The number of nitrogens with one attached hydrogen (secondary N) is 1. The van der Waals surface area contributed by atoms with Gasteiger partial charge in [0.15, 0.2) is 0 Å². The second-order valence-corrected chi connectivity index (χ2v) is 7.08. The number of aryl methyl sites for hydroxylation is 2. The Kier molecular flexibility index (Phi) is 4.51. The summed E-state index contributed by atoms with van der Waals surface area (Å²) in [6, 6.07) is 0.0737. The van der Waals surface area contributed by atoms with E-state index >= 15 is 0 Å². The van der Waals surface area contributed by atoms with Gasteiger partial charge in [0.05, 0.1) is 11.4 Å². The molecule has 1 fully saturated rings. The van der Waals surface area contributed by atoms with Crippen molar-refractivity contribution in [3.63, 3.8) is 0 Å². The van der Waals surface area contributed by atoms with Crippen LogP contribution >= 0.6 is 0 Å². The third-order valence-electron chi connectivity index (χ3n) is 3.87. The van der Waals surface area contributed by atoms with Crippen LogP contribution in [0, 0.1) is 19.8 Å². The van der Waals surface area contributed by atoms with E-state index in [-0.39, 0.29) is 17.5 Å². The Bertz CT molecular complexity index is 580. The zero-order valence-corrected chi connectivity index (χ0v) is 13.1. The van der Waals surface area contributed by atoms with Crippen molar-refractivity contribution >= 4 is 10.0 Å². The maximum atomic E-state index is 12.5. The lowest BCUT2D eigenvalue weighted by Gasteiger charge is -2.07. The predicted octanol–water partition coefficient (Wildman–Crippen LogP) is 0.959. The summed E-state index contributed by atoms with van der Waals surface area (Å²) >= 11 is 0. The van der Waals surface area contributed by atoms with E-state index in [1.54, 1.807) is 18.5 Å². The molecule has 1 aromatic heterocycles. The quantitative estimate of drug-likeness (QED) is 0.785. The normalized spacial score (nSPS) is 22.2. The van der Waals surface area contributed by atoms with Gasteiger partial charge in [-0.1, -0.05) is 13.3 Å². The van der Waals surface area contributed by atoms with E-state index in [0.29, 0.717) is 30.3 Å². The van der Waals surface area contributed by atoms with Gasteiger partial charge >= 0.3 is 0 Å². The van der Waals surface area contributed by atoms with Crippen molar-refractivity contribution in [2.45, 2.75) is 57.5 Å². The summed E-state index contributed by atoms with van der Waals surface area (Å²) in [4.78, 5) is 0.289. The third kappa shape index (κ3) is 3.05. The number of rotatable bonds is 7. The van der Waals surface area contributed by atoms with Crippen molar-refractivity contribution in [3.8, 4) is 0 Å². The van der Waals surface area contributed by atoms with Crippen LogP contribution in [0.1, 0.15) is 37.6 Å². The molecule has 1 aliphatic carbocycles. The Hall–Kier alpha value is -0.920. The van der Waals surface area contributed by atoms with Crippen LogP contribution in [-0.2, 0) is 16.6 Å². The van der Waals surface area contributed by atoms with Crippen LogP contribution in [0.15, 0.2) is 4.90 Å². The lowest BCUT2D eigenvalue weighted by molar-refractivity contribution is 0.276. The maximum absolute atomic E-state index is 12.5. The van der Waals surface area contributed by atoms with E-state index in [0.717, 1.165) is 12.8 Å². The van der Waals surface area contributed by atoms with Gasteiger partial charge in [0.1, 0.15) is 4.90 Å². The number of aliphatic hydroxyl groups is 1. The van der Waals surface area contributed by atoms with Crippen LogP contribution in [0.25, 0.3) is 0 Å². The van der Waals surface area contributed by atoms with Gasteiger partial charge in [-0.15, -0.1) is 0 Å². The summed E-state index contributed by atoms with van der Waals surface area (Å²) in [6.07, 6.45) is 2.49. The van der Waals surface area contributed by atoms with Gasteiger partial charge in [-0.3, -0.25) is 4.68 Å². The zero-order valence-electron chi connectivity index (χ0n) is 12.3. The molecule has 0 radical (unpaired) electrons. The van der Waals surface area contributed by atoms with Gasteiger partial charge in [0.25, 0.3) is 0 Å². The topological polar surface area (TPSA) is 84.2 Å². The second kappa shape index (κ2) is 5.83. The van der Waals surface area contributed by atoms with Crippen LogP contribution in [0.5, 0.6) is 0 Å². The smallest absolute Gasteiger partial charge is 0.244 e. The minimum absolute atomic E-state index is 0.0684. The Morgan fingerprint density at radius 2 is 2.15 bits per heavy atom. The summed E-state index contributed by atoms with van der Waals surface area (Å²) in [5, 5.41) is 13.1. The van der Waals surface area contributed by atoms with Crippen molar-refractivity contribution in [2.75, 3.05) is 6.61 Å². The fourth-order valence-corrected chi connectivity index (χ4v) is 4.34. The number of aromatic nitrogens is 2. The highest BCUT2D eigenvalue weighted by molar-refractivity contribution is 7.89. The van der Waals surface area contributed by atoms with E-state index in [9.17, 15) is 8.42 Å². The molecule has 0 aliphatic heterocycles. The summed E-state index contributed by atoms with van der Waals surface area (Å²) in [5.41, 5.74) is 1.15. The Morgan fingerprint density at radius 3 is 2.70 bits per heavy atom. The molecule has 1 aliphatic rings. The number of nitrogens with zero attached hydrogens (tertiary/aromatic N) is 2. The summed E-state index contributed by atoms with van der Waals surface area (Å²) in [5.74, 6) is 0.467. The van der Waals surface area contributed by atoms with Gasteiger partial charge in [-0.2, -0.15) is 5.10 Å². The minimum atomic E-state index is -3.50. The Balaban J connectivity index is 2.21. The molecule has 20 heavy (non-hydrogen) atoms. The number of hydrogen-bond acceptors (Lipinski definition) is 4. The predicted molar refractivity (Wildman–Crippen MR) is 75.9 cm³/mol. The molecule has 0 spiro atoms. The Labute approximate surface area is 120 Å². The minimum Gasteiger partial charge on any atom is -0.396 e. The summed E-state index contributed by atoms with van der Waals surface area (Å²) < 4.78 is 29.3. The molecule has 1 heterocycles. The fraction of sp³-hybridized carbons (Fsp3) is 0.769. The molecule has 7 heteroatoms. The van der Waals surface area contributed by atoms with Crippen LogP contribution < -0.4 is 4.72 Å². The average Bonchev–Trinajstić information content (AvgIpc) is 3.03. The molecule has 2 rings (SSSR count). The lowest BCUT2D eigenvalue weighted by atomic mass is 10.3. The first-order chi connectivity index (χ1) is 9.40. The van der Waals surface area contributed by atoms with Gasteiger partial charge in [-0.05, 0) is 32.6 Å². The van der Waals surface area contributed by atoms with Gasteiger partial charge in [0.2, 0.25) is 10.0 Å². The van der Waals surface area contributed by atoms with Crippen LogP contribution in [0.4, 0.5) is 0 Å². The molecule has 1 aromatic rings. The second-order valence-electron chi connectivity index (χ2n) is 5.43. The zero-order chi connectivity index (χ0) is 14.9. The van der Waals surface area contributed by atoms with E-state index in [2.05, 4.69) is 16.7 Å². The molecule has 1 saturated carbocycles. The van der Waals surface area contributed by atoms with Gasteiger partial charge < -0.3 is 5.11 Å². The van der Waals surface area contributed by atoms with Crippen LogP contribution in [0.2, 0.25) is 0 Å². The molecule has 0 aromatic carbocycles. The largest absolute Gasteiger partial charge is 0.396 e. The average molecular weight is 301 g/mol. The number of sulfonamides is 1. The molecule has 0 bridgehead atoms. The van der Waals surface area contributed by atoms with E-state index < -0.39 is 10.0 Å². The van der Waals surface area contributed by atoms with Crippen molar-refractivity contribution in [3.05, 3.63) is 11.4 Å². The molecule has 114 valence electrons. The van der Waals surface area contributed by atoms with Crippen LogP contribution in [-0.4, -0.2) is 36.0 Å². The van der Waals surface area contributed by atoms with Crippen molar-refractivity contribution in [1.82, 2.24) is 14.5 Å². The molecule has 2 unspecified atom stereocenters. The highest BCUT2D eigenvalue weighted by atomic mass is 32.2. The molecule has 2 N–H and O–H groups in total. The first kappa shape index (κ1) is 15.5. The van der Waals surface area contributed by atoms with Crippen molar-refractivity contribution < 1.29 is 13.5 Å². The SMILES string of the molecule is CCC1CC1NS(=O)(=O)c1c(C)nn(CCCO)c1C. The summed E-state index contributed by atoms with van der Waals surface area (Å²) in [6.45, 7) is 6.14. The molecule has 6 nitrogen and oxygen atoms in total. The number of hydrogen-bond donors (Lipinski definition) is 2. The van der Waals surface area contributed by atoms with Gasteiger partial charge in [0, 0.05) is 19.2 Å². The van der Waals surface area contributed by atoms with Crippen molar-refractivity contribution in [2.24, 2.45) is 5.92 Å². The van der Waals surface area contributed by atoms with E-state index in [1.165, 1.54) is 0 Å². The highest BCUT2D eigenvalue weighted by Crippen LogP contribution is 2.35. The van der Waals surface area contributed by atoms with Crippen LogP contribution in [0.3, 0.4) is 0 Å². The molecular formula is C13H23N3O3S. The molecular weight excluding hydrogens is 278 g/mol. The third-order valence-corrected chi connectivity index (χ3v) is 5.61. The molecule has 2 atom stereocenters. The fourth-order valence-electron chi connectivity index (χ4n) is 2.61. The standard InChI is InChI=1S/C13H23N3O3S/c1-4-11-8-12(11)15-20(18,19)13-9(2)14-16(10(13)3)6-5-7-17/h11-12,15,17H,4-8H2,1-3H3. The summed E-state index contributed by atoms with van der Waals surface area (Å²) in [7, 11) is -3.50. The monoisotopic (exact) mass is 301 g/mol. The first-order valence-corrected chi connectivity index (χ1v) is 8.56.